The predicted molar refractivity (Wildman–Crippen MR) is 64.0 cm³/mol. The number of hydrogen-bond donors (Lipinski definition) is 1. The van der Waals surface area contributed by atoms with Gasteiger partial charge in [-0.3, -0.25) is 4.79 Å². The normalized spacial score (nSPS) is 10.2. The fraction of sp³-hybridized carbons (Fsp3) is 0.0833. The van der Waals surface area contributed by atoms with Crippen LogP contribution in [0.2, 0.25) is 0 Å². The summed E-state index contributed by atoms with van der Waals surface area (Å²) in [5, 5.41) is 2.57. The van der Waals surface area contributed by atoms with Gasteiger partial charge in [0, 0.05) is 4.47 Å². The Labute approximate surface area is 106 Å². The Hall–Kier alpha value is -1.62. The van der Waals surface area contributed by atoms with E-state index in [0.29, 0.717) is 10.2 Å². The molecule has 0 aliphatic rings. The van der Waals surface area contributed by atoms with Gasteiger partial charge in [-0.2, -0.15) is 0 Å². The van der Waals surface area contributed by atoms with Gasteiger partial charge in [0.25, 0.3) is 5.91 Å². The van der Waals surface area contributed by atoms with Crippen molar-refractivity contribution in [3.8, 4) is 0 Å². The minimum atomic E-state index is -0.559. The lowest BCUT2D eigenvalue weighted by atomic mass is 10.2. The van der Waals surface area contributed by atoms with Crippen LogP contribution in [0.25, 0.3) is 0 Å². The van der Waals surface area contributed by atoms with Crippen LogP contribution in [0.15, 0.2) is 45.5 Å². The number of furan rings is 1. The molecular weight excluding hydrogens is 289 g/mol. The SMILES string of the molecule is O=C(NCc1ccco1)c1ccc(Br)cc1F. The second-order valence-corrected chi connectivity index (χ2v) is 4.30. The summed E-state index contributed by atoms with van der Waals surface area (Å²) in [6.07, 6.45) is 1.52. The number of benzene rings is 1. The molecule has 1 heterocycles. The molecular formula is C12H9BrFNO2. The number of nitrogens with one attached hydrogen (secondary N) is 1. The van der Waals surface area contributed by atoms with E-state index >= 15 is 0 Å². The first-order chi connectivity index (χ1) is 8.16. The van der Waals surface area contributed by atoms with Crippen LogP contribution in [-0.2, 0) is 6.54 Å². The van der Waals surface area contributed by atoms with Gasteiger partial charge in [0.2, 0.25) is 0 Å². The van der Waals surface area contributed by atoms with Gasteiger partial charge in [-0.05, 0) is 30.3 Å². The zero-order chi connectivity index (χ0) is 12.3. The summed E-state index contributed by atoms with van der Waals surface area (Å²) < 4.78 is 19.1. The molecule has 0 unspecified atom stereocenters. The first kappa shape index (κ1) is 11.9. The number of halogens is 2. The number of carbonyl (C=O) groups is 1. The smallest absolute Gasteiger partial charge is 0.254 e. The molecule has 0 saturated heterocycles. The molecule has 1 aromatic heterocycles. The van der Waals surface area contributed by atoms with Crippen LogP contribution in [0.1, 0.15) is 16.1 Å². The third-order valence-electron chi connectivity index (χ3n) is 2.18. The van der Waals surface area contributed by atoms with Crippen LogP contribution in [0.3, 0.4) is 0 Å². The van der Waals surface area contributed by atoms with Gasteiger partial charge in [0.1, 0.15) is 11.6 Å². The van der Waals surface area contributed by atoms with Crippen molar-refractivity contribution in [2.24, 2.45) is 0 Å². The maximum absolute atomic E-state index is 13.5. The number of hydrogen-bond acceptors (Lipinski definition) is 2. The van der Waals surface area contributed by atoms with E-state index in [1.54, 1.807) is 18.2 Å². The van der Waals surface area contributed by atoms with Gasteiger partial charge in [-0.1, -0.05) is 15.9 Å². The van der Waals surface area contributed by atoms with E-state index in [1.165, 1.54) is 18.4 Å². The molecule has 88 valence electrons. The molecule has 17 heavy (non-hydrogen) atoms. The fourth-order valence-electron chi connectivity index (χ4n) is 1.35. The van der Waals surface area contributed by atoms with Crippen LogP contribution in [0, 0.1) is 5.82 Å². The summed E-state index contributed by atoms with van der Waals surface area (Å²) in [6, 6.07) is 7.75. The van der Waals surface area contributed by atoms with E-state index in [9.17, 15) is 9.18 Å². The maximum atomic E-state index is 13.5. The van der Waals surface area contributed by atoms with Gasteiger partial charge in [-0.25, -0.2) is 4.39 Å². The summed E-state index contributed by atoms with van der Waals surface area (Å²) in [5.74, 6) is -0.404. The molecule has 0 saturated carbocycles. The number of amides is 1. The third kappa shape index (κ3) is 2.94. The molecule has 1 amide bonds. The molecule has 2 aromatic rings. The summed E-state index contributed by atoms with van der Waals surface area (Å²) >= 11 is 3.13. The lowest BCUT2D eigenvalue weighted by molar-refractivity contribution is 0.0944. The molecule has 0 radical (unpaired) electrons. The first-order valence-electron chi connectivity index (χ1n) is 4.92. The van der Waals surface area contributed by atoms with Crippen molar-refractivity contribution >= 4 is 21.8 Å². The zero-order valence-electron chi connectivity index (χ0n) is 8.74. The lowest BCUT2D eigenvalue weighted by Gasteiger charge is -2.04. The maximum Gasteiger partial charge on any atom is 0.254 e. The first-order valence-corrected chi connectivity index (χ1v) is 5.72. The van der Waals surface area contributed by atoms with Gasteiger partial charge < -0.3 is 9.73 Å². The summed E-state index contributed by atoms with van der Waals surface area (Å²) in [4.78, 5) is 11.7. The zero-order valence-corrected chi connectivity index (χ0v) is 10.3. The Morgan fingerprint density at radius 2 is 2.24 bits per heavy atom. The van der Waals surface area contributed by atoms with Crippen LogP contribution in [-0.4, -0.2) is 5.91 Å². The molecule has 0 aliphatic heterocycles. The van der Waals surface area contributed by atoms with Gasteiger partial charge >= 0.3 is 0 Å². The van der Waals surface area contributed by atoms with E-state index in [2.05, 4.69) is 21.2 Å². The van der Waals surface area contributed by atoms with Crippen LogP contribution in [0.5, 0.6) is 0 Å². The standard InChI is InChI=1S/C12H9BrFNO2/c13-8-3-4-10(11(14)6-8)12(16)15-7-9-2-1-5-17-9/h1-6H,7H2,(H,15,16). The predicted octanol–water partition coefficient (Wildman–Crippen LogP) is 3.11. The topological polar surface area (TPSA) is 42.2 Å². The molecule has 0 atom stereocenters. The number of rotatable bonds is 3. The van der Waals surface area contributed by atoms with Gasteiger partial charge in [0.05, 0.1) is 18.4 Å². The summed E-state index contributed by atoms with van der Waals surface area (Å²) in [5.41, 5.74) is 0.0137. The van der Waals surface area contributed by atoms with Gasteiger partial charge in [-0.15, -0.1) is 0 Å². The number of carbonyl (C=O) groups excluding carboxylic acids is 1. The summed E-state index contributed by atoms with van der Waals surface area (Å²) in [6.45, 7) is 0.237. The fourth-order valence-corrected chi connectivity index (χ4v) is 1.68. The van der Waals surface area contributed by atoms with Crippen molar-refractivity contribution in [3.63, 3.8) is 0 Å². The highest BCUT2D eigenvalue weighted by Gasteiger charge is 2.11. The average Bonchev–Trinajstić information content (AvgIpc) is 2.78. The van der Waals surface area contributed by atoms with Crippen molar-refractivity contribution in [2.45, 2.75) is 6.54 Å². The molecule has 0 fully saturated rings. The Balaban J connectivity index is 2.04. The van der Waals surface area contributed by atoms with E-state index < -0.39 is 11.7 Å². The Kier molecular flexibility index (Phi) is 3.58. The molecule has 1 aromatic carbocycles. The second-order valence-electron chi connectivity index (χ2n) is 3.39. The minimum absolute atomic E-state index is 0.0137. The Morgan fingerprint density at radius 1 is 1.41 bits per heavy atom. The Bertz CT molecular complexity index is 525. The Morgan fingerprint density at radius 3 is 2.88 bits per heavy atom. The molecule has 0 spiro atoms. The molecule has 5 heteroatoms. The second kappa shape index (κ2) is 5.14. The van der Waals surface area contributed by atoms with Crippen molar-refractivity contribution in [1.82, 2.24) is 5.32 Å². The van der Waals surface area contributed by atoms with Crippen molar-refractivity contribution in [2.75, 3.05) is 0 Å². The highest BCUT2D eigenvalue weighted by molar-refractivity contribution is 9.10. The van der Waals surface area contributed by atoms with E-state index in [-0.39, 0.29) is 12.1 Å². The molecule has 3 nitrogen and oxygen atoms in total. The van der Waals surface area contributed by atoms with Gasteiger partial charge in [0.15, 0.2) is 0 Å². The highest BCUT2D eigenvalue weighted by atomic mass is 79.9. The molecule has 0 bridgehead atoms. The molecule has 2 rings (SSSR count). The quantitative estimate of drug-likeness (QED) is 0.946. The van der Waals surface area contributed by atoms with Crippen molar-refractivity contribution in [1.29, 1.82) is 0 Å². The molecule has 1 N–H and O–H groups in total. The van der Waals surface area contributed by atoms with Crippen molar-refractivity contribution in [3.05, 3.63) is 58.2 Å². The molecule has 0 aliphatic carbocycles. The largest absolute Gasteiger partial charge is 0.467 e. The third-order valence-corrected chi connectivity index (χ3v) is 2.67. The van der Waals surface area contributed by atoms with E-state index in [1.807, 2.05) is 0 Å². The minimum Gasteiger partial charge on any atom is -0.467 e. The van der Waals surface area contributed by atoms with E-state index in [4.69, 9.17) is 4.42 Å². The summed E-state index contributed by atoms with van der Waals surface area (Å²) in [7, 11) is 0. The lowest BCUT2D eigenvalue weighted by Crippen LogP contribution is -2.23. The van der Waals surface area contributed by atoms with Crippen LogP contribution >= 0.6 is 15.9 Å². The average molecular weight is 298 g/mol. The van der Waals surface area contributed by atoms with Crippen LogP contribution in [0.4, 0.5) is 4.39 Å². The highest BCUT2D eigenvalue weighted by Crippen LogP contribution is 2.15. The van der Waals surface area contributed by atoms with Crippen molar-refractivity contribution < 1.29 is 13.6 Å². The monoisotopic (exact) mass is 297 g/mol. The van der Waals surface area contributed by atoms with E-state index in [0.717, 1.165) is 0 Å². The van der Waals surface area contributed by atoms with Crippen LogP contribution < -0.4 is 5.32 Å².